The van der Waals surface area contributed by atoms with Crippen LogP contribution in [-0.4, -0.2) is 74.8 Å². The first-order valence-electron chi connectivity index (χ1n) is 19.7. The molecule has 61 heavy (non-hydrogen) atoms. The first-order valence-corrected chi connectivity index (χ1v) is 28.3. The van der Waals surface area contributed by atoms with Gasteiger partial charge in [0.05, 0.1) is 64.1 Å². The highest BCUT2D eigenvalue weighted by molar-refractivity contribution is 9.10. The largest absolute Gasteiger partial charge is 0.507 e. The number of carbonyl (C=O) groups is 2. The van der Waals surface area contributed by atoms with Crippen LogP contribution < -0.4 is 4.74 Å². The van der Waals surface area contributed by atoms with E-state index in [2.05, 4.69) is 126 Å². The number of phenols is 1. The lowest BCUT2D eigenvalue weighted by Crippen LogP contribution is -2.40. The summed E-state index contributed by atoms with van der Waals surface area (Å²) in [4.78, 5) is 30.6. The Morgan fingerprint density at radius 1 is 0.689 bits per heavy atom. The van der Waals surface area contributed by atoms with Gasteiger partial charge in [0.2, 0.25) is 0 Å². The van der Waals surface area contributed by atoms with Crippen molar-refractivity contribution in [3.05, 3.63) is 93.4 Å². The van der Waals surface area contributed by atoms with E-state index in [0.717, 1.165) is 36.8 Å². The predicted octanol–water partition coefficient (Wildman–Crippen LogP) is 12.1. The van der Waals surface area contributed by atoms with Crippen molar-refractivity contribution in [2.75, 3.05) is 11.9 Å². The van der Waals surface area contributed by atoms with E-state index in [-0.39, 0.29) is 34.0 Å². The highest BCUT2D eigenvalue weighted by atomic mass is 79.9. The topological polar surface area (TPSA) is 143 Å². The van der Waals surface area contributed by atoms with E-state index in [4.69, 9.17) is 23.6 Å². The van der Waals surface area contributed by atoms with Crippen molar-refractivity contribution in [2.24, 2.45) is 0 Å². The molecule has 0 amide bonds. The van der Waals surface area contributed by atoms with E-state index in [1.165, 1.54) is 13.8 Å². The van der Waals surface area contributed by atoms with Crippen molar-refractivity contribution in [3.8, 4) is 23.1 Å². The zero-order chi connectivity index (χ0) is 45.5. The van der Waals surface area contributed by atoms with Crippen molar-refractivity contribution in [2.45, 2.75) is 105 Å². The van der Waals surface area contributed by atoms with Crippen LogP contribution >= 0.6 is 47.8 Å². The van der Waals surface area contributed by atoms with Gasteiger partial charge >= 0.3 is 0 Å². The Balaban J connectivity index is 0.000000244. The van der Waals surface area contributed by atoms with Crippen molar-refractivity contribution < 1.29 is 28.3 Å². The molecule has 0 saturated carbocycles. The molecule has 0 saturated heterocycles. The molecule has 328 valence electrons. The van der Waals surface area contributed by atoms with Gasteiger partial charge < -0.3 is 18.7 Å². The van der Waals surface area contributed by atoms with Crippen LogP contribution in [0.25, 0.3) is 33.4 Å². The van der Waals surface area contributed by atoms with Crippen LogP contribution in [0.1, 0.15) is 66.8 Å². The van der Waals surface area contributed by atoms with Gasteiger partial charge in [-0.3, -0.25) is 9.59 Å². The van der Waals surface area contributed by atoms with Crippen molar-refractivity contribution >= 4 is 97.8 Å². The summed E-state index contributed by atoms with van der Waals surface area (Å²) < 4.78 is 23.4. The van der Waals surface area contributed by atoms with E-state index in [1.54, 1.807) is 27.8 Å². The summed E-state index contributed by atoms with van der Waals surface area (Å²) >= 11 is 9.90. The highest BCUT2D eigenvalue weighted by Gasteiger charge is 2.38. The van der Waals surface area contributed by atoms with Gasteiger partial charge in [0, 0.05) is 8.95 Å². The van der Waals surface area contributed by atoms with Crippen LogP contribution in [0.5, 0.6) is 11.5 Å². The number of aromatic nitrogens is 6. The monoisotopic (exact) mass is 1060 g/mol. The number of fused-ring (bicyclic) bond motifs is 2. The number of ether oxygens (including phenoxy) is 1. The quantitative estimate of drug-likeness (QED) is 0.0929. The van der Waals surface area contributed by atoms with Crippen LogP contribution in [0.4, 0.5) is 0 Å². The number of halogens is 3. The molecule has 0 fully saturated rings. The minimum atomic E-state index is -1.86. The third kappa shape index (κ3) is 13.5. The van der Waals surface area contributed by atoms with E-state index in [0.29, 0.717) is 41.3 Å². The lowest BCUT2D eigenvalue weighted by molar-refractivity contribution is -0.119. The maximum Gasteiger partial charge on any atom is 0.192 e. The highest BCUT2D eigenvalue weighted by Crippen LogP contribution is 2.38. The van der Waals surface area contributed by atoms with E-state index in [1.807, 2.05) is 54.6 Å². The van der Waals surface area contributed by atoms with Gasteiger partial charge in [0.15, 0.2) is 34.1 Å². The van der Waals surface area contributed by atoms with Gasteiger partial charge in [-0.05, 0) is 98.6 Å². The summed E-state index contributed by atoms with van der Waals surface area (Å²) in [5, 5.41) is 21.3. The number of aromatic hydroxyl groups is 1. The summed E-state index contributed by atoms with van der Waals surface area (Å²) in [5.41, 5.74) is 3.38. The zero-order valence-corrected chi connectivity index (χ0v) is 43.8. The van der Waals surface area contributed by atoms with Gasteiger partial charge in [-0.15, -0.1) is 0 Å². The van der Waals surface area contributed by atoms with Crippen LogP contribution in [0.2, 0.25) is 36.3 Å². The molecule has 0 bridgehead atoms. The number of carbonyl (C=O) groups excluding carboxylic acids is 2. The summed E-state index contributed by atoms with van der Waals surface area (Å²) in [5.74, 6) is 2.35. The fourth-order valence-corrected chi connectivity index (χ4v) is 7.81. The molecular weight excluding hydrogens is 1000 g/mol. The number of pyridine rings is 2. The second kappa shape index (κ2) is 20.7. The second-order valence-corrected chi connectivity index (χ2v) is 29.7. The van der Waals surface area contributed by atoms with Crippen molar-refractivity contribution in [1.29, 1.82) is 0 Å². The van der Waals surface area contributed by atoms with Gasteiger partial charge in [0.25, 0.3) is 0 Å². The minimum Gasteiger partial charge on any atom is -0.507 e. The molecule has 6 aromatic rings. The summed E-state index contributed by atoms with van der Waals surface area (Å²) in [6.07, 6.45) is 3.38. The number of ketones is 2. The Bertz CT molecular complexity index is 2480. The smallest absolute Gasteiger partial charge is 0.192 e. The molecule has 0 aliphatic rings. The molecular formula is C44H57Br3N6O6Si2. The number of Topliss-reactive ketones (excluding diaryl/α,β-unsaturated/α-hetero) is 2. The Morgan fingerprint density at radius 3 is 1.54 bits per heavy atom. The van der Waals surface area contributed by atoms with E-state index >= 15 is 0 Å². The number of hydrogen-bond donors (Lipinski definition) is 1. The summed E-state index contributed by atoms with van der Waals surface area (Å²) in [6, 6.07) is 19.1. The number of phenolic OH excluding ortho intramolecular Hbond substituents is 1. The Kier molecular flexibility index (Phi) is 17.0. The molecule has 6 rings (SSSR count). The van der Waals surface area contributed by atoms with Gasteiger partial charge in [-0.1, -0.05) is 101 Å². The third-order valence-electron chi connectivity index (χ3n) is 10.7. The summed E-state index contributed by atoms with van der Waals surface area (Å²) in [6.45, 7) is 26.3. The first-order chi connectivity index (χ1) is 28.3. The molecule has 4 aromatic heterocycles. The van der Waals surface area contributed by atoms with E-state index in [9.17, 15) is 14.7 Å². The molecule has 1 N–H and O–H groups in total. The normalized spacial score (nSPS) is 12.1. The lowest BCUT2D eigenvalue weighted by Gasteiger charge is -2.36. The number of alkyl halides is 1. The van der Waals surface area contributed by atoms with Crippen LogP contribution in [0, 0.1) is 0 Å². The number of hydrogen-bond acceptors (Lipinski definition) is 10. The van der Waals surface area contributed by atoms with Gasteiger partial charge in [0.1, 0.15) is 23.9 Å². The average molecular weight is 1060 g/mol. The van der Waals surface area contributed by atoms with Crippen molar-refractivity contribution in [1.82, 2.24) is 29.5 Å². The predicted molar refractivity (Wildman–Crippen MR) is 259 cm³/mol. The molecule has 17 heteroatoms. The minimum absolute atomic E-state index is 0.0231. The Morgan fingerprint density at radius 2 is 1.11 bits per heavy atom. The second-order valence-electron chi connectivity index (χ2n) is 17.7. The fourth-order valence-electron chi connectivity index (χ4n) is 5.07. The van der Waals surface area contributed by atoms with Crippen LogP contribution in [0.15, 0.2) is 82.0 Å². The molecule has 0 spiro atoms. The maximum atomic E-state index is 11.3. The average Bonchev–Trinajstić information content (AvgIpc) is 3.80. The SMILES string of the molecule is CC(=O)CBr.CC(=O)COc1cc(Br)cc2c1cnn2-c1cccc(CO[Si](C)(C)C(C)(C)C)n1.CC(C)(C)[Si](C)(C)OCc1cccc(-n2ncc3c(O)cc(Br)cc32)n1. The van der Waals surface area contributed by atoms with E-state index < -0.39 is 16.6 Å². The fraction of sp³-hybridized carbons (Fsp3) is 0.409. The molecule has 4 heterocycles. The van der Waals surface area contributed by atoms with Crippen molar-refractivity contribution in [3.63, 3.8) is 0 Å². The lowest BCUT2D eigenvalue weighted by atomic mass is 10.2. The van der Waals surface area contributed by atoms with Crippen LogP contribution in [0.3, 0.4) is 0 Å². The molecule has 0 atom stereocenters. The zero-order valence-electron chi connectivity index (χ0n) is 37.1. The first kappa shape index (κ1) is 50.1. The molecule has 0 aliphatic heterocycles. The van der Waals surface area contributed by atoms with Gasteiger partial charge in [-0.2, -0.15) is 10.2 Å². The number of rotatable bonds is 12. The molecule has 0 radical (unpaired) electrons. The standard InChI is InChI=1S/C22H28BrN3O3Si.C19H24BrN3O2Si.C3H5BrO/c1-15(27)13-28-20-11-16(23)10-19-18(20)12-24-26(19)21-9-7-8-17(25-21)14-29-30(5,6)22(2,3)4;1-19(2,3)26(4,5)25-12-14-7-6-8-18(22-14)23-16-9-13(20)10-17(24)15(16)11-21-23;1-3(5)2-4/h7-12H,13-14H2,1-6H3;6-11,24H,12H2,1-5H3;2H2,1H3. The summed E-state index contributed by atoms with van der Waals surface area (Å²) in [7, 11) is -3.69. The van der Waals surface area contributed by atoms with Crippen LogP contribution in [-0.2, 0) is 31.7 Å². The number of benzene rings is 2. The molecule has 0 unspecified atom stereocenters. The molecule has 12 nitrogen and oxygen atoms in total. The Labute approximate surface area is 386 Å². The molecule has 0 aliphatic carbocycles. The maximum absolute atomic E-state index is 11.3. The third-order valence-corrected chi connectivity index (χ3v) is 21.3. The Hall–Kier alpha value is -3.59. The molecule has 2 aromatic carbocycles. The van der Waals surface area contributed by atoms with Gasteiger partial charge in [-0.25, -0.2) is 19.3 Å². The number of nitrogens with zero attached hydrogens (tertiary/aromatic N) is 6.